The van der Waals surface area contributed by atoms with Gasteiger partial charge in [0.05, 0.1) is 18.3 Å². The standard InChI is InChI=1S/C10H17NO2/c1-2-7(5-6-11)8-3-4-9(12)10(8)13/h7-10,12-13H,2-5H2,1H3. The highest BCUT2D eigenvalue weighted by molar-refractivity contribution is 4.91. The third-order valence-electron chi connectivity index (χ3n) is 3.11. The van der Waals surface area contributed by atoms with E-state index in [2.05, 4.69) is 6.07 Å². The third kappa shape index (κ3) is 2.20. The van der Waals surface area contributed by atoms with E-state index in [1.807, 2.05) is 6.92 Å². The van der Waals surface area contributed by atoms with Crippen molar-refractivity contribution in [3.8, 4) is 6.07 Å². The Morgan fingerprint density at radius 2 is 2.15 bits per heavy atom. The number of nitriles is 1. The van der Waals surface area contributed by atoms with Crippen molar-refractivity contribution in [1.29, 1.82) is 5.26 Å². The molecule has 1 fully saturated rings. The van der Waals surface area contributed by atoms with Crippen LogP contribution in [0.4, 0.5) is 0 Å². The first kappa shape index (κ1) is 10.5. The minimum atomic E-state index is -0.613. The van der Waals surface area contributed by atoms with Gasteiger partial charge in [0.2, 0.25) is 0 Å². The second-order valence-corrected chi connectivity index (χ2v) is 3.83. The molecule has 0 aromatic heterocycles. The van der Waals surface area contributed by atoms with Crippen LogP contribution in [0.1, 0.15) is 32.6 Å². The summed E-state index contributed by atoms with van der Waals surface area (Å²) in [5.41, 5.74) is 0. The molecule has 1 saturated carbocycles. The highest BCUT2D eigenvalue weighted by Gasteiger charge is 2.37. The van der Waals surface area contributed by atoms with Gasteiger partial charge in [-0.05, 0) is 24.7 Å². The van der Waals surface area contributed by atoms with Crippen molar-refractivity contribution in [3.05, 3.63) is 0 Å². The molecule has 0 spiro atoms. The molecule has 1 aliphatic rings. The van der Waals surface area contributed by atoms with E-state index in [9.17, 15) is 10.2 Å². The summed E-state index contributed by atoms with van der Waals surface area (Å²) in [6, 6.07) is 2.14. The Kier molecular flexibility index (Phi) is 3.71. The first-order chi connectivity index (χ1) is 6.20. The van der Waals surface area contributed by atoms with Crippen molar-refractivity contribution in [2.45, 2.75) is 44.8 Å². The molecule has 3 nitrogen and oxygen atoms in total. The fourth-order valence-electron chi connectivity index (χ4n) is 2.22. The molecule has 1 aliphatic carbocycles. The number of hydrogen-bond donors (Lipinski definition) is 2. The molecule has 0 aliphatic heterocycles. The van der Waals surface area contributed by atoms with Crippen molar-refractivity contribution < 1.29 is 10.2 Å². The highest BCUT2D eigenvalue weighted by atomic mass is 16.3. The average molecular weight is 183 g/mol. The summed E-state index contributed by atoms with van der Waals surface area (Å²) in [6.07, 6.45) is 1.74. The third-order valence-corrected chi connectivity index (χ3v) is 3.11. The van der Waals surface area contributed by atoms with E-state index in [1.54, 1.807) is 0 Å². The molecule has 0 aromatic carbocycles. The summed E-state index contributed by atoms with van der Waals surface area (Å²) >= 11 is 0. The molecule has 0 saturated heterocycles. The number of nitrogens with zero attached hydrogens (tertiary/aromatic N) is 1. The van der Waals surface area contributed by atoms with Crippen LogP contribution in [0.25, 0.3) is 0 Å². The quantitative estimate of drug-likeness (QED) is 0.687. The monoisotopic (exact) mass is 183 g/mol. The van der Waals surface area contributed by atoms with Gasteiger partial charge < -0.3 is 10.2 Å². The molecule has 1 rings (SSSR count). The largest absolute Gasteiger partial charge is 0.390 e. The first-order valence-corrected chi connectivity index (χ1v) is 4.93. The molecular weight excluding hydrogens is 166 g/mol. The molecule has 0 radical (unpaired) electrons. The molecule has 74 valence electrons. The van der Waals surface area contributed by atoms with Gasteiger partial charge in [-0.25, -0.2) is 0 Å². The van der Waals surface area contributed by atoms with Gasteiger partial charge in [0.15, 0.2) is 0 Å². The normalized spacial score (nSPS) is 35.7. The Hall–Kier alpha value is -0.590. The van der Waals surface area contributed by atoms with Crippen molar-refractivity contribution in [1.82, 2.24) is 0 Å². The van der Waals surface area contributed by atoms with Crippen LogP contribution in [0.5, 0.6) is 0 Å². The van der Waals surface area contributed by atoms with Crippen molar-refractivity contribution in [2.75, 3.05) is 0 Å². The second kappa shape index (κ2) is 4.59. The predicted molar refractivity (Wildman–Crippen MR) is 48.7 cm³/mol. The summed E-state index contributed by atoms with van der Waals surface area (Å²) < 4.78 is 0. The molecule has 4 unspecified atom stereocenters. The average Bonchev–Trinajstić information content (AvgIpc) is 2.45. The molecule has 4 atom stereocenters. The van der Waals surface area contributed by atoms with Gasteiger partial charge in [0, 0.05) is 6.42 Å². The molecule has 0 aromatic rings. The molecule has 0 heterocycles. The lowest BCUT2D eigenvalue weighted by Crippen LogP contribution is -2.29. The molecular formula is C10H17NO2. The maximum atomic E-state index is 9.63. The SMILES string of the molecule is CCC(CC#N)C1CCC(O)C1O. The fourth-order valence-corrected chi connectivity index (χ4v) is 2.22. The Morgan fingerprint density at radius 1 is 1.46 bits per heavy atom. The van der Waals surface area contributed by atoms with Crippen LogP contribution in [0.3, 0.4) is 0 Å². The number of rotatable bonds is 3. The molecule has 0 bridgehead atoms. The number of aliphatic hydroxyl groups is 2. The fraction of sp³-hybridized carbons (Fsp3) is 0.900. The maximum Gasteiger partial charge on any atom is 0.0830 e. The summed E-state index contributed by atoms with van der Waals surface area (Å²) in [5, 5.41) is 27.6. The van der Waals surface area contributed by atoms with E-state index in [1.165, 1.54) is 0 Å². The van der Waals surface area contributed by atoms with Crippen LogP contribution in [0, 0.1) is 23.2 Å². The minimum Gasteiger partial charge on any atom is -0.390 e. The maximum absolute atomic E-state index is 9.63. The molecule has 13 heavy (non-hydrogen) atoms. The van der Waals surface area contributed by atoms with Gasteiger partial charge in [0.1, 0.15) is 0 Å². The van der Waals surface area contributed by atoms with E-state index >= 15 is 0 Å². The minimum absolute atomic E-state index is 0.125. The van der Waals surface area contributed by atoms with E-state index in [0.717, 1.165) is 12.8 Å². The van der Waals surface area contributed by atoms with Gasteiger partial charge >= 0.3 is 0 Å². The lowest BCUT2D eigenvalue weighted by molar-refractivity contribution is 0.00601. The Morgan fingerprint density at radius 3 is 2.54 bits per heavy atom. The lowest BCUT2D eigenvalue weighted by Gasteiger charge is -2.23. The Bertz CT molecular complexity index is 200. The van der Waals surface area contributed by atoms with E-state index in [0.29, 0.717) is 12.8 Å². The summed E-state index contributed by atoms with van der Waals surface area (Å²) in [4.78, 5) is 0. The zero-order chi connectivity index (χ0) is 9.84. The van der Waals surface area contributed by atoms with Gasteiger partial charge in [-0.3, -0.25) is 0 Å². The van der Waals surface area contributed by atoms with Crippen LogP contribution in [0.2, 0.25) is 0 Å². The zero-order valence-corrected chi connectivity index (χ0v) is 7.98. The van der Waals surface area contributed by atoms with Gasteiger partial charge in [0.25, 0.3) is 0 Å². The van der Waals surface area contributed by atoms with Crippen LogP contribution in [0.15, 0.2) is 0 Å². The Labute approximate surface area is 79.0 Å². The van der Waals surface area contributed by atoms with Crippen LogP contribution in [-0.2, 0) is 0 Å². The van der Waals surface area contributed by atoms with Gasteiger partial charge in [-0.2, -0.15) is 5.26 Å². The van der Waals surface area contributed by atoms with Crippen LogP contribution in [-0.4, -0.2) is 22.4 Å². The predicted octanol–water partition coefficient (Wildman–Crippen LogP) is 1.06. The van der Waals surface area contributed by atoms with Crippen LogP contribution >= 0.6 is 0 Å². The van der Waals surface area contributed by atoms with Crippen molar-refractivity contribution in [2.24, 2.45) is 11.8 Å². The number of hydrogen-bond acceptors (Lipinski definition) is 3. The first-order valence-electron chi connectivity index (χ1n) is 4.93. The summed E-state index contributed by atoms with van der Waals surface area (Å²) in [5.74, 6) is 0.372. The van der Waals surface area contributed by atoms with Crippen molar-refractivity contribution in [3.63, 3.8) is 0 Å². The zero-order valence-electron chi connectivity index (χ0n) is 7.98. The lowest BCUT2D eigenvalue weighted by atomic mass is 9.85. The molecule has 3 heteroatoms. The topological polar surface area (TPSA) is 64.2 Å². The molecule has 0 amide bonds. The van der Waals surface area contributed by atoms with Crippen LogP contribution < -0.4 is 0 Å². The second-order valence-electron chi connectivity index (χ2n) is 3.83. The molecule has 2 N–H and O–H groups in total. The Balaban J connectivity index is 2.55. The highest BCUT2D eigenvalue weighted by Crippen LogP contribution is 2.35. The van der Waals surface area contributed by atoms with Gasteiger partial charge in [-0.1, -0.05) is 13.3 Å². The summed E-state index contributed by atoms with van der Waals surface area (Å²) in [7, 11) is 0. The smallest absolute Gasteiger partial charge is 0.0830 e. The van der Waals surface area contributed by atoms with E-state index in [4.69, 9.17) is 5.26 Å². The van der Waals surface area contributed by atoms with E-state index in [-0.39, 0.29) is 11.8 Å². The van der Waals surface area contributed by atoms with E-state index < -0.39 is 12.2 Å². The summed E-state index contributed by atoms with van der Waals surface area (Å²) in [6.45, 7) is 2.03. The van der Waals surface area contributed by atoms with Gasteiger partial charge in [-0.15, -0.1) is 0 Å². The number of aliphatic hydroxyl groups excluding tert-OH is 2. The van der Waals surface area contributed by atoms with Crippen molar-refractivity contribution >= 4 is 0 Å².